The van der Waals surface area contributed by atoms with Crippen molar-refractivity contribution in [2.75, 3.05) is 6.54 Å². The SMILES string of the molecule is CCC(CC)(CN)NC(=O)Cc1ccccc1. The number of hydrogen-bond acceptors (Lipinski definition) is 2. The molecule has 0 fully saturated rings. The maximum absolute atomic E-state index is 11.9. The zero-order chi connectivity index (χ0) is 12.7. The first-order chi connectivity index (χ1) is 8.15. The molecule has 3 nitrogen and oxygen atoms in total. The van der Waals surface area contributed by atoms with Crippen LogP contribution in [0.5, 0.6) is 0 Å². The minimum Gasteiger partial charge on any atom is -0.349 e. The third kappa shape index (κ3) is 3.86. The molecule has 1 aromatic rings. The third-order valence-electron chi connectivity index (χ3n) is 3.36. The van der Waals surface area contributed by atoms with Gasteiger partial charge in [-0.2, -0.15) is 0 Å². The minimum atomic E-state index is -0.244. The molecular weight excluding hydrogens is 212 g/mol. The second-order valence-electron chi connectivity index (χ2n) is 4.40. The fourth-order valence-corrected chi connectivity index (χ4v) is 1.89. The van der Waals surface area contributed by atoms with Gasteiger partial charge in [-0.15, -0.1) is 0 Å². The topological polar surface area (TPSA) is 55.1 Å². The second kappa shape index (κ2) is 6.40. The Labute approximate surface area is 103 Å². The molecule has 0 aliphatic rings. The lowest BCUT2D eigenvalue weighted by Gasteiger charge is -2.31. The number of carbonyl (C=O) groups excluding carboxylic acids is 1. The quantitative estimate of drug-likeness (QED) is 0.789. The number of nitrogens with one attached hydrogen (secondary N) is 1. The number of amides is 1. The Bertz CT molecular complexity index is 336. The lowest BCUT2D eigenvalue weighted by molar-refractivity contribution is -0.122. The molecule has 3 N–H and O–H groups in total. The van der Waals surface area contributed by atoms with Crippen LogP contribution < -0.4 is 11.1 Å². The smallest absolute Gasteiger partial charge is 0.224 e. The molecule has 0 unspecified atom stereocenters. The first kappa shape index (κ1) is 13.7. The van der Waals surface area contributed by atoms with E-state index < -0.39 is 0 Å². The Morgan fingerprint density at radius 3 is 2.29 bits per heavy atom. The first-order valence-electron chi connectivity index (χ1n) is 6.21. The Hall–Kier alpha value is -1.35. The van der Waals surface area contributed by atoms with Crippen molar-refractivity contribution in [3.63, 3.8) is 0 Å². The Balaban J connectivity index is 2.60. The summed E-state index contributed by atoms with van der Waals surface area (Å²) in [5.41, 5.74) is 6.54. The van der Waals surface area contributed by atoms with Gasteiger partial charge in [0.2, 0.25) is 5.91 Å². The van der Waals surface area contributed by atoms with Crippen LogP contribution in [0.2, 0.25) is 0 Å². The van der Waals surface area contributed by atoms with E-state index in [2.05, 4.69) is 19.2 Å². The highest BCUT2D eigenvalue weighted by atomic mass is 16.1. The molecule has 0 aliphatic heterocycles. The molecular formula is C14H22N2O. The molecule has 1 amide bonds. The summed E-state index contributed by atoms with van der Waals surface area (Å²) < 4.78 is 0. The Kier molecular flexibility index (Phi) is 5.16. The normalized spacial score (nSPS) is 11.2. The molecule has 3 heteroatoms. The van der Waals surface area contributed by atoms with Crippen molar-refractivity contribution in [1.82, 2.24) is 5.32 Å². The van der Waals surface area contributed by atoms with Crippen LogP contribution in [-0.2, 0) is 11.2 Å². The summed E-state index contributed by atoms with van der Waals surface area (Å²) in [5.74, 6) is 0.0466. The summed E-state index contributed by atoms with van der Waals surface area (Å²) >= 11 is 0. The lowest BCUT2D eigenvalue weighted by Crippen LogP contribution is -2.53. The number of nitrogens with two attached hydrogens (primary N) is 1. The zero-order valence-electron chi connectivity index (χ0n) is 10.7. The van der Waals surface area contributed by atoms with Gasteiger partial charge in [0.25, 0.3) is 0 Å². The number of carbonyl (C=O) groups is 1. The molecule has 0 atom stereocenters. The summed E-state index contributed by atoms with van der Waals surface area (Å²) in [6, 6.07) is 9.75. The summed E-state index contributed by atoms with van der Waals surface area (Å²) in [6.07, 6.45) is 2.14. The monoisotopic (exact) mass is 234 g/mol. The van der Waals surface area contributed by atoms with Crippen molar-refractivity contribution in [3.05, 3.63) is 35.9 Å². The van der Waals surface area contributed by atoms with Gasteiger partial charge in [-0.1, -0.05) is 44.2 Å². The molecule has 0 saturated heterocycles. The van der Waals surface area contributed by atoms with E-state index in [1.165, 1.54) is 0 Å². The molecule has 94 valence electrons. The summed E-state index contributed by atoms with van der Waals surface area (Å²) in [4.78, 5) is 11.9. The van der Waals surface area contributed by atoms with Gasteiger partial charge in [0.15, 0.2) is 0 Å². The van der Waals surface area contributed by atoms with Gasteiger partial charge in [0.05, 0.1) is 12.0 Å². The van der Waals surface area contributed by atoms with Crippen LogP contribution in [0.4, 0.5) is 0 Å². The molecule has 0 bridgehead atoms. The fourth-order valence-electron chi connectivity index (χ4n) is 1.89. The minimum absolute atomic E-state index is 0.0466. The van der Waals surface area contributed by atoms with Gasteiger partial charge in [-0.05, 0) is 18.4 Å². The van der Waals surface area contributed by atoms with Crippen LogP contribution in [0.1, 0.15) is 32.3 Å². The molecule has 0 heterocycles. The van der Waals surface area contributed by atoms with E-state index in [0.717, 1.165) is 18.4 Å². The molecule has 0 spiro atoms. The van der Waals surface area contributed by atoms with Crippen LogP contribution in [0.3, 0.4) is 0 Å². The fraction of sp³-hybridized carbons (Fsp3) is 0.500. The van der Waals surface area contributed by atoms with E-state index >= 15 is 0 Å². The molecule has 0 saturated carbocycles. The van der Waals surface area contributed by atoms with Crippen LogP contribution in [0, 0.1) is 0 Å². The van der Waals surface area contributed by atoms with Crippen molar-refractivity contribution in [2.45, 2.75) is 38.6 Å². The van der Waals surface area contributed by atoms with Crippen LogP contribution >= 0.6 is 0 Å². The van der Waals surface area contributed by atoms with E-state index in [9.17, 15) is 4.79 Å². The molecule has 17 heavy (non-hydrogen) atoms. The molecule has 0 aromatic heterocycles. The van der Waals surface area contributed by atoms with Gasteiger partial charge >= 0.3 is 0 Å². The van der Waals surface area contributed by atoms with Gasteiger partial charge in [-0.3, -0.25) is 4.79 Å². The molecule has 1 rings (SSSR count). The Morgan fingerprint density at radius 1 is 1.24 bits per heavy atom. The highest BCUT2D eigenvalue weighted by Gasteiger charge is 2.25. The van der Waals surface area contributed by atoms with E-state index in [1.807, 2.05) is 30.3 Å². The zero-order valence-corrected chi connectivity index (χ0v) is 10.7. The summed E-state index contributed by atoms with van der Waals surface area (Å²) in [7, 11) is 0. The van der Waals surface area contributed by atoms with Gasteiger partial charge in [-0.25, -0.2) is 0 Å². The van der Waals surface area contributed by atoms with Gasteiger partial charge < -0.3 is 11.1 Å². The van der Waals surface area contributed by atoms with Crippen molar-refractivity contribution in [3.8, 4) is 0 Å². The van der Waals surface area contributed by atoms with E-state index in [1.54, 1.807) is 0 Å². The maximum atomic E-state index is 11.9. The van der Waals surface area contributed by atoms with E-state index in [0.29, 0.717) is 13.0 Å². The van der Waals surface area contributed by atoms with Crippen molar-refractivity contribution >= 4 is 5.91 Å². The average Bonchev–Trinajstić information content (AvgIpc) is 2.37. The summed E-state index contributed by atoms with van der Waals surface area (Å²) in [6.45, 7) is 4.60. The van der Waals surface area contributed by atoms with E-state index in [-0.39, 0.29) is 11.4 Å². The number of rotatable bonds is 6. The van der Waals surface area contributed by atoms with Crippen molar-refractivity contribution < 1.29 is 4.79 Å². The molecule has 1 aromatic carbocycles. The predicted molar refractivity (Wildman–Crippen MR) is 70.7 cm³/mol. The molecule has 0 radical (unpaired) electrons. The van der Waals surface area contributed by atoms with Gasteiger partial charge in [0, 0.05) is 6.54 Å². The largest absolute Gasteiger partial charge is 0.349 e. The van der Waals surface area contributed by atoms with Crippen molar-refractivity contribution in [2.24, 2.45) is 5.73 Å². The lowest BCUT2D eigenvalue weighted by atomic mass is 9.92. The van der Waals surface area contributed by atoms with Crippen LogP contribution in [0.15, 0.2) is 30.3 Å². The number of hydrogen-bond donors (Lipinski definition) is 2. The number of benzene rings is 1. The van der Waals surface area contributed by atoms with E-state index in [4.69, 9.17) is 5.73 Å². The summed E-state index contributed by atoms with van der Waals surface area (Å²) in [5, 5.41) is 3.06. The predicted octanol–water partition coefficient (Wildman–Crippen LogP) is 1.86. The Morgan fingerprint density at radius 2 is 1.82 bits per heavy atom. The average molecular weight is 234 g/mol. The second-order valence-corrected chi connectivity index (χ2v) is 4.40. The van der Waals surface area contributed by atoms with Crippen LogP contribution in [-0.4, -0.2) is 18.0 Å². The van der Waals surface area contributed by atoms with Crippen LogP contribution in [0.25, 0.3) is 0 Å². The third-order valence-corrected chi connectivity index (χ3v) is 3.36. The highest BCUT2D eigenvalue weighted by Crippen LogP contribution is 2.13. The highest BCUT2D eigenvalue weighted by molar-refractivity contribution is 5.79. The van der Waals surface area contributed by atoms with Crippen molar-refractivity contribution in [1.29, 1.82) is 0 Å². The maximum Gasteiger partial charge on any atom is 0.224 e. The molecule has 0 aliphatic carbocycles. The standard InChI is InChI=1S/C14H22N2O/c1-3-14(4-2,11-15)16-13(17)10-12-8-6-5-7-9-12/h5-9H,3-4,10-11,15H2,1-2H3,(H,16,17). The van der Waals surface area contributed by atoms with Gasteiger partial charge in [0.1, 0.15) is 0 Å². The first-order valence-corrected chi connectivity index (χ1v) is 6.21.